The number of carbonyl (C=O) groups is 2. The van der Waals surface area contributed by atoms with Crippen molar-refractivity contribution in [3.63, 3.8) is 0 Å². The maximum atomic E-state index is 12.4. The number of halogens is 1. The van der Waals surface area contributed by atoms with E-state index in [-0.39, 0.29) is 11.1 Å². The largest absolute Gasteiger partial charge is 0.478 e. The van der Waals surface area contributed by atoms with Gasteiger partial charge in [-0.15, -0.1) is 0 Å². The number of hydrogen-bond acceptors (Lipinski definition) is 2. The first kappa shape index (κ1) is 16.7. The number of benzene rings is 3. The molecule has 0 aliphatic rings. The van der Waals surface area contributed by atoms with Crippen LogP contribution in [0, 0.1) is 0 Å². The van der Waals surface area contributed by atoms with E-state index in [4.69, 9.17) is 11.6 Å². The van der Waals surface area contributed by atoms with Crippen molar-refractivity contribution in [2.24, 2.45) is 0 Å². The number of amides is 1. The van der Waals surface area contributed by atoms with Crippen LogP contribution in [0.5, 0.6) is 0 Å². The minimum atomic E-state index is -1.16. The van der Waals surface area contributed by atoms with E-state index in [1.54, 1.807) is 24.3 Å². The molecule has 4 nitrogen and oxygen atoms in total. The molecule has 0 saturated carbocycles. The molecule has 3 rings (SSSR count). The van der Waals surface area contributed by atoms with Gasteiger partial charge in [0.25, 0.3) is 5.91 Å². The summed E-state index contributed by atoms with van der Waals surface area (Å²) in [6.45, 7) is 0. The summed E-state index contributed by atoms with van der Waals surface area (Å²) in [4.78, 5) is 23.7. The van der Waals surface area contributed by atoms with Gasteiger partial charge in [0.15, 0.2) is 0 Å². The average molecular weight is 352 g/mol. The first-order valence-corrected chi connectivity index (χ1v) is 7.92. The van der Waals surface area contributed by atoms with Crippen molar-refractivity contribution in [1.29, 1.82) is 0 Å². The Morgan fingerprint density at radius 3 is 2.08 bits per heavy atom. The number of carboxylic acid groups (broad SMARTS) is 1. The lowest BCUT2D eigenvalue weighted by Crippen LogP contribution is -2.16. The standard InChI is InChI=1S/C20H14ClNO3/c21-17-12-14(13-6-2-1-3-7-13)10-11-18(17)22-19(23)15-8-4-5-9-16(15)20(24)25/h1-12H,(H,22,23)(H,24,25). The first-order valence-electron chi connectivity index (χ1n) is 7.55. The van der Waals surface area contributed by atoms with Crippen LogP contribution in [0.1, 0.15) is 20.7 Å². The predicted octanol–water partition coefficient (Wildman–Crippen LogP) is 4.96. The van der Waals surface area contributed by atoms with Crippen molar-refractivity contribution in [3.05, 3.63) is 88.9 Å². The fourth-order valence-corrected chi connectivity index (χ4v) is 2.71. The molecule has 3 aromatic carbocycles. The Bertz CT molecular complexity index is 939. The van der Waals surface area contributed by atoms with Gasteiger partial charge in [-0.25, -0.2) is 4.79 Å². The minimum Gasteiger partial charge on any atom is -0.478 e. The molecular formula is C20H14ClNO3. The summed E-state index contributed by atoms with van der Waals surface area (Å²) in [6, 6.07) is 21.1. The van der Waals surface area contributed by atoms with Gasteiger partial charge in [0, 0.05) is 0 Å². The van der Waals surface area contributed by atoms with Crippen LogP contribution in [0.25, 0.3) is 11.1 Å². The number of aromatic carboxylic acids is 1. The highest BCUT2D eigenvalue weighted by atomic mass is 35.5. The molecule has 0 heterocycles. The molecule has 0 saturated heterocycles. The average Bonchev–Trinajstić information content (AvgIpc) is 2.64. The normalized spacial score (nSPS) is 10.3. The van der Waals surface area contributed by atoms with Crippen LogP contribution in [0.4, 0.5) is 5.69 Å². The third kappa shape index (κ3) is 3.70. The van der Waals surface area contributed by atoms with Crippen molar-refractivity contribution in [1.82, 2.24) is 0 Å². The van der Waals surface area contributed by atoms with Crippen molar-refractivity contribution < 1.29 is 14.7 Å². The lowest BCUT2D eigenvalue weighted by Gasteiger charge is -2.11. The molecule has 1 amide bonds. The fourth-order valence-electron chi connectivity index (χ4n) is 2.48. The second kappa shape index (κ2) is 7.20. The van der Waals surface area contributed by atoms with E-state index in [9.17, 15) is 14.7 Å². The van der Waals surface area contributed by atoms with Crippen molar-refractivity contribution >= 4 is 29.2 Å². The van der Waals surface area contributed by atoms with Crippen LogP contribution >= 0.6 is 11.6 Å². The molecule has 0 spiro atoms. The molecule has 0 aliphatic heterocycles. The van der Waals surface area contributed by atoms with E-state index in [0.29, 0.717) is 10.7 Å². The SMILES string of the molecule is O=C(O)c1ccccc1C(=O)Nc1ccc(-c2ccccc2)cc1Cl. The van der Waals surface area contributed by atoms with E-state index in [1.807, 2.05) is 36.4 Å². The Morgan fingerprint density at radius 1 is 0.800 bits per heavy atom. The maximum Gasteiger partial charge on any atom is 0.336 e. The zero-order valence-corrected chi connectivity index (χ0v) is 13.8. The van der Waals surface area contributed by atoms with Gasteiger partial charge in [0.1, 0.15) is 0 Å². The molecule has 0 bridgehead atoms. The summed E-state index contributed by atoms with van der Waals surface area (Å²) in [6.07, 6.45) is 0. The van der Waals surface area contributed by atoms with Crippen molar-refractivity contribution in [2.75, 3.05) is 5.32 Å². The zero-order valence-electron chi connectivity index (χ0n) is 13.1. The van der Waals surface area contributed by atoms with Gasteiger partial charge in [-0.05, 0) is 35.4 Å². The van der Waals surface area contributed by atoms with Gasteiger partial charge in [0.05, 0.1) is 21.8 Å². The Hall–Kier alpha value is -3.11. The molecule has 5 heteroatoms. The van der Waals surface area contributed by atoms with E-state index in [2.05, 4.69) is 5.32 Å². The monoisotopic (exact) mass is 351 g/mol. The van der Waals surface area contributed by atoms with Crippen LogP contribution < -0.4 is 5.32 Å². The van der Waals surface area contributed by atoms with Crippen molar-refractivity contribution in [2.45, 2.75) is 0 Å². The highest BCUT2D eigenvalue weighted by Gasteiger charge is 2.16. The first-order chi connectivity index (χ1) is 12.1. The number of rotatable bonds is 4. The van der Waals surface area contributed by atoms with Crippen LogP contribution in [0.3, 0.4) is 0 Å². The summed E-state index contributed by atoms with van der Waals surface area (Å²) in [5.41, 5.74) is 2.38. The van der Waals surface area contributed by atoms with Gasteiger partial charge >= 0.3 is 5.97 Å². The third-order valence-electron chi connectivity index (χ3n) is 3.73. The van der Waals surface area contributed by atoms with E-state index in [0.717, 1.165) is 11.1 Å². The lowest BCUT2D eigenvalue weighted by molar-refractivity contribution is 0.0692. The minimum absolute atomic E-state index is 0.0583. The van der Waals surface area contributed by atoms with Crippen LogP contribution in [-0.4, -0.2) is 17.0 Å². The summed E-state index contributed by atoms with van der Waals surface area (Å²) < 4.78 is 0. The Balaban J connectivity index is 1.87. The molecule has 0 aromatic heterocycles. The molecule has 3 aromatic rings. The summed E-state index contributed by atoms with van der Waals surface area (Å²) in [5.74, 6) is -1.68. The quantitative estimate of drug-likeness (QED) is 0.698. The second-order valence-electron chi connectivity index (χ2n) is 5.37. The second-order valence-corrected chi connectivity index (χ2v) is 5.77. The molecule has 2 N–H and O–H groups in total. The predicted molar refractivity (Wildman–Crippen MR) is 98.2 cm³/mol. The Kier molecular flexibility index (Phi) is 4.82. The number of carboxylic acids is 1. The van der Waals surface area contributed by atoms with Crippen LogP contribution in [0.15, 0.2) is 72.8 Å². The van der Waals surface area contributed by atoms with E-state index >= 15 is 0 Å². The summed E-state index contributed by atoms with van der Waals surface area (Å²) >= 11 is 6.28. The lowest BCUT2D eigenvalue weighted by atomic mass is 10.0. The smallest absolute Gasteiger partial charge is 0.336 e. The summed E-state index contributed by atoms with van der Waals surface area (Å²) in [7, 11) is 0. The summed E-state index contributed by atoms with van der Waals surface area (Å²) in [5, 5.41) is 12.2. The van der Waals surface area contributed by atoms with Crippen LogP contribution in [0.2, 0.25) is 5.02 Å². The molecule has 25 heavy (non-hydrogen) atoms. The van der Waals surface area contributed by atoms with Gasteiger partial charge in [0.2, 0.25) is 0 Å². The molecule has 0 radical (unpaired) electrons. The van der Waals surface area contributed by atoms with Crippen LogP contribution in [-0.2, 0) is 0 Å². The van der Waals surface area contributed by atoms with Gasteiger partial charge in [-0.3, -0.25) is 4.79 Å². The Morgan fingerprint density at radius 2 is 1.44 bits per heavy atom. The Labute approximate surface area is 149 Å². The van der Waals surface area contributed by atoms with E-state index < -0.39 is 11.9 Å². The number of nitrogens with one attached hydrogen (secondary N) is 1. The van der Waals surface area contributed by atoms with Gasteiger partial charge in [-0.1, -0.05) is 60.1 Å². The number of anilines is 1. The highest BCUT2D eigenvalue weighted by Crippen LogP contribution is 2.29. The van der Waals surface area contributed by atoms with E-state index in [1.165, 1.54) is 12.1 Å². The zero-order chi connectivity index (χ0) is 17.8. The molecule has 0 unspecified atom stereocenters. The molecule has 0 fully saturated rings. The molecule has 0 aliphatic carbocycles. The maximum absolute atomic E-state index is 12.4. The highest BCUT2D eigenvalue weighted by molar-refractivity contribution is 6.34. The molecule has 0 atom stereocenters. The van der Waals surface area contributed by atoms with Gasteiger partial charge in [-0.2, -0.15) is 0 Å². The molecular weight excluding hydrogens is 338 g/mol. The van der Waals surface area contributed by atoms with Crippen molar-refractivity contribution in [3.8, 4) is 11.1 Å². The topological polar surface area (TPSA) is 66.4 Å². The fraction of sp³-hybridized carbons (Fsp3) is 0. The molecule has 124 valence electrons. The number of carbonyl (C=O) groups excluding carboxylic acids is 1. The van der Waals surface area contributed by atoms with Gasteiger partial charge < -0.3 is 10.4 Å². The third-order valence-corrected chi connectivity index (χ3v) is 4.04. The number of hydrogen-bond donors (Lipinski definition) is 2.